The van der Waals surface area contributed by atoms with Gasteiger partial charge in [0.1, 0.15) is 17.3 Å². The molecule has 0 amide bonds. The van der Waals surface area contributed by atoms with Gasteiger partial charge in [0.2, 0.25) is 0 Å². The van der Waals surface area contributed by atoms with E-state index in [0.29, 0.717) is 21.8 Å². The lowest BCUT2D eigenvalue weighted by molar-refractivity contribution is -0.571. The number of ether oxygens (including phenoxy) is 1. The molecule has 0 aliphatic carbocycles. The Labute approximate surface area is 536 Å². The number of fused-ring (bicyclic) bond motifs is 4. The maximum Gasteiger partial charge on any atom is 0.269 e. The summed E-state index contributed by atoms with van der Waals surface area (Å²) in [4.78, 5) is 4.68. The average molecular weight is 1110 g/mol. The number of para-hydroxylation sites is 4. The zero-order valence-corrected chi connectivity index (χ0v) is 43.2. The van der Waals surface area contributed by atoms with Gasteiger partial charge in [0, 0.05) is 32.7 Å². The van der Waals surface area contributed by atoms with E-state index >= 15 is 0 Å². The summed E-state index contributed by atoms with van der Waals surface area (Å²) in [7, 11) is 0. The van der Waals surface area contributed by atoms with Gasteiger partial charge in [-0.15, -0.1) is 0 Å². The van der Waals surface area contributed by atoms with E-state index in [1.165, 1.54) is 33.4 Å². The number of nitrogens with zero attached hydrogens (tertiary/aromatic N) is 4. The predicted molar refractivity (Wildman–Crippen MR) is 345 cm³/mol. The molecule has 12 aromatic carbocycles. The molecule has 0 unspecified atom stereocenters. The second kappa shape index (κ2) is 21.4. The third-order valence-electron chi connectivity index (χ3n) is 13.7. The molecule has 0 aliphatic heterocycles. The number of aryl methyl sites for hydroxylation is 1. The van der Waals surface area contributed by atoms with Crippen LogP contribution in [0.1, 0.15) is 52.2 Å². The molecular weight excluding hydrogens is 1020 g/mol. The molecule has 0 bridgehead atoms. The van der Waals surface area contributed by atoms with Gasteiger partial charge in [0.05, 0.1) is 75.9 Å². The highest BCUT2D eigenvalue weighted by molar-refractivity contribution is 6.09. The van der Waals surface area contributed by atoms with Crippen LogP contribution in [0, 0.1) is 13.2 Å². The Morgan fingerprint density at radius 3 is 1.48 bits per heavy atom. The van der Waals surface area contributed by atoms with Crippen molar-refractivity contribution in [3.8, 4) is 107 Å². The van der Waals surface area contributed by atoms with E-state index in [1.807, 2.05) is 6.07 Å². The Bertz CT molecular complexity index is 6430. The fourth-order valence-corrected chi connectivity index (χ4v) is 10.0. The summed E-state index contributed by atoms with van der Waals surface area (Å²) < 4.78 is 320. The molecule has 5 nitrogen and oxygen atoms in total. The Hall–Kier alpha value is -11.1. The Balaban J connectivity index is 1.02. The Morgan fingerprint density at radius 2 is 0.905 bits per heavy atom. The van der Waals surface area contributed by atoms with Crippen LogP contribution in [0.15, 0.2) is 309 Å². The SMILES string of the molecule is [2H]c1c([2H])c([2H])c(-c2cnc(-n3c4ccccc4c4ccc(Oc5cccc(-n6[c-][n+](-c7c(-c8c([2H])c(-c9c([2H])c([2H])c([2H])c([2H])c9[2H])c([2H])c(-c9c([2H])c([2H])c([2H])c([2H])c9[2H])c8[2H])cccc7-c7c([2H])c(-c8c([2H])c([2H])c([2H])c([2H])c8[2H])c([2H])c(-c8c([2H])c([2H])c([2H])c([2H])c8[2H])c7[2H])c7ccccc76)c5)cc43)cc2C([2H])([2H])[2H])c([2H])c1[2H]. The van der Waals surface area contributed by atoms with Crippen LogP contribution in [0.4, 0.5) is 0 Å². The van der Waals surface area contributed by atoms with Crippen LogP contribution < -0.4 is 9.30 Å². The van der Waals surface area contributed by atoms with E-state index in [9.17, 15) is 19.2 Å². The van der Waals surface area contributed by atoms with Crippen molar-refractivity contribution in [2.45, 2.75) is 6.85 Å². The van der Waals surface area contributed by atoms with Crippen LogP contribution in [0.5, 0.6) is 11.5 Å². The smallest absolute Gasteiger partial charge is 0.269 e. The number of hydrogen-bond donors (Lipinski definition) is 0. The maximum absolute atomic E-state index is 10.4. The van der Waals surface area contributed by atoms with Crippen LogP contribution in [-0.4, -0.2) is 14.1 Å². The molecule has 15 aromatic rings. The van der Waals surface area contributed by atoms with Crippen molar-refractivity contribution in [3.63, 3.8) is 0 Å². The van der Waals surface area contributed by atoms with Crippen molar-refractivity contribution in [1.29, 1.82) is 0 Å². The molecule has 15 rings (SSSR count). The molecule has 396 valence electrons. The van der Waals surface area contributed by atoms with Gasteiger partial charge in [-0.1, -0.05) is 218 Å². The molecule has 0 N–H and O–H groups in total. The van der Waals surface area contributed by atoms with Crippen molar-refractivity contribution in [2.24, 2.45) is 0 Å². The van der Waals surface area contributed by atoms with Crippen LogP contribution >= 0.6 is 0 Å². The van der Waals surface area contributed by atoms with E-state index < -0.39 is 267 Å². The van der Waals surface area contributed by atoms with E-state index in [2.05, 4.69) is 11.3 Å². The predicted octanol–water partition coefficient (Wildman–Crippen LogP) is 20.0. The second-order valence-electron chi connectivity index (χ2n) is 18.7. The molecule has 3 aromatic heterocycles. The Kier molecular flexibility index (Phi) is 6.56. The number of hydrogen-bond acceptors (Lipinski definition) is 2. The molecule has 0 saturated heterocycles. The number of rotatable bonds is 12. The first-order valence-corrected chi connectivity index (χ1v) is 25.7. The third kappa shape index (κ3) is 9.30. The Morgan fingerprint density at radius 1 is 0.417 bits per heavy atom. The van der Waals surface area contributed by atoms with Crippen molar-refractivity contribution in [3.05, 3.63) is 321 Å². The minimum absolute atomic E-state index is 0.0613. The minimum atomic E-state index is -2.93. The van der Waals surface area contributed by atoms with Gasteiger partial charge in [-0.05, 0) is 163 Å². The molecule has 0 aliphatic rings. The lowest BCUT2D eigenvalue weighted by Gasteiger charge is -2.20. The standard InChI is InChI=1S/C79H54N4O/c1-54-43-78(80-52-73(54)59-31-15-6-16-32-59)83-74-38-18-17-35-71(74)72-42-41-68(51-77(72)83)84-67-34-21-33-66(50-67)81-53-82(76-40-20-19-39-75(76)81)79-69(64-46-60(55-23-7-2-8-24-55)44-61(47-64)56-25-9-3-10-26-56)36-22-37-70(79)65-48-62(57-27-11-4-12-28-57)45-63(49-65)58-29-13-5-14-30-58/h2-52H,1H3/i1D3,2D,3D,4D,5D,6D,7D,8D,9D,10D,11D,12D,13D,14D,15D,16D,23D,24D,25D,26D,27D,28D,29D,30D,31D,32D,44D,45D,46D,47D,48D,49D. The molecule has 0 radical (unpaired) electrons. The van der Waals surface area contributed by atoms with E-state index in [-0.39, 0.29) is 50.7 Å². The second-order valence-corrected chi connectivity index (χ2v) is 18.7. The van der Waals surface area contributed by atoms with Gasteiger partial charge in [-0.2, -0.15) is 0 Å². The maximum atomic E-state index is 10.4. The van der Waals surface area contributed by atoms with Crippen LogP contribution in [0.2, 0.25) is 0 Å². The summed E-state index contributed by atoms with van der Waals surface area (Å²) in [5, 5.41) is 1.33. The number of pyridine rings is 1. The van der Waals surface area contributed by atoms with E-state index in [4.69, 9.17) is 32.2 Å². The molecular formula is C79H54N4O. The molecule has 0 saturated carbocycles. The summed E-state index contributed by atoms with van der Waals surface area (Å²) >= 11 is 0. The highest BCUT2D eigenvalue weighted by Gasteiger charge is 2.23. The van der Waals surface area contributed by atoms with Crippen molar-refractivity contribution < 1.29 is 55.9 Å². The summed E-state index contributed by atoms with van der Waals surface area (Å²) in [5.41, 5.74) is -8.67. The fraction of sp³-hybridized carbons (Fsp3) is 0.0127. The van der Waals surface area contributed by atoms with E-state index in [1.54, 1.807) is 89.5 Å². The number of benzene rings is 12. The largest absolute Gasteiger partial charge is 0.458 e. The summed E-state index contributed by atoms with van der Waals surface area (Å²) in [6.45, 7) is -2.93. The highest BCUT2D eigenvalue weighted by Crippen LogP contribution is 2.42. The molecule has 0 atom stereocenters. The first-order valence-electron chi connectivity index (χ1n) is 42.7. The van der Waals surface area contributed by atoms with Gasteiger partial charge < -0.3 is 4.74 Å². The first-order chi connectivity index (χ1) is 55.7. The molecule has 84 heavy (non-hydrogen) atoms. The number of aromatic nitrogens is 4. The van der Waals surface area contributed by atoms with Gasteiger partial charge >= 0.3 is 0 Å². The molecule has 3 heterocycles. The van der Waals surface area contributed by atoms with Gasteiger partial charge in [0.15, 0.2) is 0 Å². The minimum Gasteiger partial charge on any atom is -0.458 e. The van der Waals surface area contributed by atoms with Gasteiger partial charge in [0.25, 0.3) is 6.33 Å². The lowest BCUT2D eigenvalue weighted by Crippen LogP contribution is -2.31. The quantitative estimate of drug-likeness (QED) is 0.0903. The van der Waals surface area contributed by atoms with Crippen LogP contribution in [0.3, 0.4) is 0 Å². The first kappa shape index (κ1) is 25.8. The van der Waals surface area contributed by atoms with Gasteiger partial charge in [-0.3, -0.25) is 13.7 Å². The average Bonchev–Trinajstić information content (AvgIpc) is 0.971. The zero-order chi connectivity index (χ0) is 85.4. The fourth-order valence-electron chi connectivity index (χ4n) is 10.0. The lowest BCUT2D eigenvalue weighted by atomic mass is 9.89. The summed E-state index contributed by atoms with van der Waals surface area (Å²) in [6.07, 6.45) is 4.47. The van der Waals surface area contributed by atoms with E-state index in [0.717, 1.165) is 6.20 Å². The summed E-state index contributed by atoms with van der Waals surface area (Å²) in [5.74, 6) is 0.400. The number of imidazole rings is 1. The van der Waals surface area contributed by atoms with Crippen molar-refractivity contribution in [1.82, 2.24) is 14.1 Å². The molecule has 0 fully saturated rings. The van der Waals surface area contributed by atoms with Crippen molar-refractivity contribution in [2.75, 3.05) is 0 Å². The van der Waals surface area contributed by atoms with Gasteiger partial charge in [-0.25, -0.2) is 4.98 Å². The van der Waals surface area contributed by atoms with Crippen LogP contribution in [0.25, 0.3) is 128 Å². The topological polar surface area (TPSA) is 35.9 Å². The molecule has 0 spiro atoms. The molecule has 5 heteroatoms. The normalized spacial score (nSPS) is 17.2. The van der Waals surface area contributed by atoms with Crippen LogP contribution in [-0.2, 0) is 0 Å². The zero-order valence-electron chi connectivity index (χ0n) is 77.2. The highest BCUT2D eigenvalue weighted by atomic mass is 16.5. The van der Waals surface area contributed by atoms with Crippen molar-refractivity contribution >= 4 is 32.8 Å². The summed E-state index contributed by atoms with van der Waals surface area (Å²) in [6, 6.07) is 1.50. The monoisotopic (exact) mass is 1110 g/mol. The third-order valence-corrected chi connectivity index (χ3v) is 13.7.